The molecule has 0 unspecified atom stereocenters. The zero-order chi connectivity index (χ0) is 18.4. The number of ether oxygens (including phenoxy) is 1. The molecular formula is C20H33N3O2. The fourth-order valence-electron chi connectivity index (χ4n) is 3.42. The summed E-state index contributed by atoms with van der Waals surface area (Å²) in [6.45, 7) is 13.5. The number of morpholine rings is 1. The summed E-state index contributed by atoms with van der Waals surface area (Å²) in [5.41, 5.74) is 3.12. The zero-order valence-corrected chi connectivity index (χ0v) is 16.3. The number of carbonyl (C=O) groups is 1. The summed E-state index contributed by atoms with van der Waals surface area (Å²) < 4.78 is 5.88. The van der Waals surface area contributed by atoms with Gasteiger partial charge < -0.3 is 10.1 Å². The molecule has 1 aliphatic heterocycles. The van der Waals surface area contributed by atoms with E-state index in [0.717, 1.165) is 49.6 Å². The molecule has 0 bridgehead atoms. The Labute approximate surface area is 152 Å². The van der Waals surface area contributed by atoms with Crippen LogP contribution in [0.3, 0.4) is 0 Å². The van der Waals surface area contributed by atoms with Crippen LogP contribution in [0.2, 0.25) is 0 Å². The average Bonchev–Trinajstić information content (AvgIpc) is 2.50. The zero-order valence-electron chi connectivity index (χ0n) is 16.3. The molecular weight excluding hydrogens is 314 g/mol. The normalized spacial score (nSPS) is 18.8. The van der Waals surface area contributed by atoms with E-state index in [1.165, 1.54) is 0 Å². The molecule has 0 spiro atoms. The Morgan fingerprint density at radius 3 is 2.68 bits per heavy atom. The third-order valence-corrected chi connectivity index (χ3v) is 4.52. The van der Waals surface area contributed by atoms with E-state index in [9.17, 15) is 4.79 Å². The Morgan fingerprint density at radius 1 is 1.36 bits per heavy atom. The van der Waals surface area contributed by atoms with Crippen LogP contribution in [0.5, 0.6) is 0 Å². The molecule has 2 rings (SSSR count). The number of hydrogen-bond acceptors (Lipinski definition) is 4. The summed E-state index contributed by atoms with van der Waals surface area (Å²) in [5.74, 6) is 0.689. The van der Waals surface area contributed by atoms with Crippen molar-refractivity contribution < 1.29 is 9.53 Å². The van der Waals surface area contributed by atoms with Crippen molar-refractivity contribution in [1.82, 2.24) is 9.80 Å². The summed E-state index contributed by atoms with van der Waals surface area (Å²) in [4.78, 5) is 16.9. The lowest BCUT2D eigenvalue weighted by atomic mass is 10.1. The fourth-order valence-corrected chi connectivity index (χ4v) is 3.42. The molecule has 1 aromatic rings. The van der Waals surface area contributed by atoms with Crippen molar-refractivity contribution in [2.75, 3.05) is 51.7 Å². The lowest BCUT2D eigenvalue weighted by molar-refractivity contribution is -0.117. The Kier molecular flexibility index (Phi) is 7.41. The molecule has 1 N–H and O–H groups in total. The maximum Gasteiger partial charge on any atom is 0.238 e. The molecule has 0 aliphatic carbocycles. The van der Waals surface area contributed by atoms with E-state index < -0.39 is 0 Å². The fraction of sp³-hybridized carbons (Fsp3) is 0.650. The number of amides is 1. The highest BCUT2D eigenvalue weighted by Crippen LogP contribution is 2.19. The molecule has 0 aromatic heterocycles. The molecule has 0 saturated carbocycles. The molecule has 1 saturated heterocycles. The van der Waals surface area contributed by atoms with Crippen molar-refractivity contribution in [3.05, 3.63) is 29.3 Å². The van der Waals surface area contributed by atoms with Crippen LogP contribution in [-0.2, 0) is 9.53 Å². The standard InChI is InChI=1S/C20H33N3O2/c1-15(2)11-23-9-10-25-18(13-23)12-22(5)14-19(24)21-20-16(3)7-6-8-17(20)4/h6-8,15,18H,9-14H2,1-5H3,(H,21,24)/t18-/m0/s1. The number of nitrogens with zero attached hydrogens (tertiary/aromatic N) is 2. The van der Waals surface area contributed by atoms with Crippen LogP contribution in [0, 0.1) is 19.8 Å². The highest BCUT2D eigenvalue weighted by molar-refractivity contribution is 5.93. The Morgan fingerprint density at radius 2 is 2.04 bits per heavy atom. The highest BCUT2D eigenvalue weighted by Gasteiger charge is 2.22. The van der Waals surface area contributed by atoms with Crippen LogP contribution >= 0.6 is 0 Å². The summed E-state index contributed by atoms with van der Waals surface area (Å²) >= 11 is 0. The van der Waals surface area contributed by atoms with Gasteiger partial charge in [-0.3, -0.25) is 14.6 Å². The number of para-hydroxylation sites is 1. The number of aryl methyl sites for hydroxylation is 2. The van der Waals surface area contributed by atoms with Crippen molar-refractivity contribution >= 4 is 11.6 Å². The molecule has 5 nitrogen and oxygen atoms in total. The molecule has 1 aromatic carbocycles. The van der Waals surface area contributed by atoms with E-state index in [4.69, 9.17) is 4.74 Å². The van der Waals surface area contributed by atoms with E-state index in [1.54, 1.807) is 0 Å². The maximum absolute atomic E-state index is 12.4. The Bertz CT molecular complexity index is 554. The molecule has 140 valence electrons. The van der Waals surface area contributed by atoms with E-state index in [1.807, 2.05) is 44.0 Å². The Hall–Kier alpha value is -1.43. The van der Waals surface area contributed by atoms with Gasteiger partial charge in [-0.1, -0.05) is 32.0 Å². The van der Waals surface area contributed by atoms with Gasteiger partial charge in [-0.25, -0.2) is 0 Å². The van der Waals surface area contributed by atoms with E-state index in [-0.39, 0.29) is 12.0 Å². The van der Waals surface area contributed by atoms with E-state index in [2.05, 4.69) is 24.1 Å². The molecule has 1 amide bonds. The first-order chi connectivity index (χ1) is 11.8. The summed E-state index contributed by atoms with van der Waals surface area (Å²) in [5, 5.41) is 3.05. The van der Waals surface area contributed by atoms with Crippen molar-refractivity contribution in [3.8, 4) is 0 Å². The third kappa shape index (κ3) is 6.42. The van der Waals surface area contributed by atoms with Gasteiger partial charge in [0.05, 0.1) is 19.3 Å². The lowest BCUT2D eigenvalue weighted by Gasteiger charge is -2.35. The van der Waals surface area contributed by atoms with E-state index in [0.29, 0.717) is 12.5 Å². The summed E-state index contributed by atoms with van der Waals surface area (Å²) in [7, 11) is 1.98. The number of anilines is 1. The Balaban J connectivity index is 1.81. The van der Waals surface area contributed by atoms with Crippen LogP contribution in [0.1, 0.15) is 25.0 Å². The van der Waals surface area contributed by atoms with Gasteiger partial charge in [0.25, 0.3) is 0 Å². The van der Waals surface area contributed by atoms with Crippen molar-refractivity contribution in [2.45, 2.75) is 33.8 Å². The minimum Gasteiger partial charge on any atom is -0.374 e. The number of carbonyl (C=O) groups excluding carboxylic acids is 1. The largest absolute Gasteiger partial charge is 0.374 e. The number of benzene rings is 1. The molecule has 1 aliphatic rings. The van der Waals surface area contributed by atoms with Crippen molar-refractivity contribution in [3.63, 3.8) is 0 Å². The summed E-state index contributed by atoms with van der Waals surface area (Å²) in [6, 6.07) is 6.05. The van der Waals surface area contributed by atoms with Crippen LogP contribution in [0.15, 0.2) is 18.2 Å². The topological polar surface area (TPSA) is 44.8 Å². The number of likely N-dealkylation sites (N-methyl/N-ethyl adjacent to an activating group) is 1. The van der Waals surface area contributed by atoms with Gasteiger partial charge in [0.2, 0.25) is 5.91 Å². The van der Waals surface area contributed by atoms with Crippen LogP contribution < -0.4 is 5.32 Å². The molecule has 5 heteroatoms. The highest BCUT2D eigenvalue weighted by atomic mass is 16.5. The smallest absolute Gasteiger partial charge is 0.238 e. The molecule has 0 radical (unpaired) electrons. The number of nitrogens with one attached hydrogen (secondary N) is 1. The minimum atomic E-state index is 0.0229. The van der Waals surface area contributed by atoms with Gasteiger partial charge in [0.1, 0.15) is 0 Å². The van der Waals surface area contributed by atoms with Gasteiger partial charge in [0.15, 0.2) is 0 Å². The number of hydrogen-bond donors (Lipinski definition) is 1. The predicted octanol–water partition coefficient (Wildman–Crippen LogP) is 2.53. The van der Waals surface area contributed by atoms with Gasteiger partial charge in [0, 0.05) is 31.9 Å². The van der Waals surface area contributed by atoms with Gasteiger partial charge >= 0.3 is 0 Å². The van der Waals surface area contributed by atoms with Crippen molar-refractivity contribution in [1.29, 1.82) is 0 Å². The summed E-state index contributed by atoms with van der Waals surface area (Å²) in [6.07, 6.45) is 0.172. The van der Waals surface area contributed by atoms with Gasteiger partial charge in [-0.2, -0.15) is 0 Å². The molecule has 1 fully saturated rings. The maximum atomic E-state index is 12.4. The van der Waals surface area contributed by atoms with Crippen LogP contribution in [-0.4, -0.2) is 68.2 Å². The monoisotopic (exact) mass is 347 g/mol. The molecule has 1 atom stereocenters. The SMILES string of the molecule is Cc1cccc(C)c1NC(=O)CN(C)C[C@H]1CN(CC(C)C)CCO1. The lowest BCUT2D eigenvalue weighted by Crippen LogP contribution is -2.48. The first-order valence-electron chi connectivity index (χ1n) is 9.23. The quantitative estimate of drug-likeness (QED) is 0.823. The van der Waals surface area contributed by atoms with Crippen LogP contribution in [0.25, 0.3) is 0 Å². The second-order valence-electron chi connectivity index (χ2n) is 7.66. The van der Waals surface area contributed by atoms with Gasteiger partial charge in [-0.15, -0.1) is 0 Å². The predicted molar refractivity (Wildman–Crippen MR) is 103 cm³/mol. The van der Waals surface area contributed by atoms with Crippen molar-refractivity contribution in [2.24, 2.45) is 5.92 Å². The third-order valence-electron chi connectivity index (χ3n) is 4.52. The first-order valence-corrected chi connectivity index (χ1v) is 9.23. The average molecular weight is 348 g/mol. The first kappa shape index (κ1) is 19.9. The second-order valence-corrected chi connectivity index (χ2v) is 7.66. The minimum absolute atomic E-state index is 0.0229. The van der Waals surface area contributed by atoms with E-state index >= 15 is 0 Å². The second kappa shape index (κ2) is 9.32. The van der Waals surface area contributed by atoms with Crippen LogP contribution in [0.4, 0.5) is 5.69 Å². The van der Waals surface area contributed by atoms with Gasteiger partial charge in [-0.05, 0) is 37.9 Å². The molecule has 25 heavy (non-hydrogen) atoms. The number of rotatable bonds is 7. The molecule has 1 heterocycles.